The highest BCUT2D eigenvalue weighted by atomic mass is 32.2. The number of aromatic nitrogens is 1. The molecule has 0 radical (unpaired) electrons. The number of primary amides is 2. The summed E-state index contributed by atoms with van der Waals surface area (Å²) in [6, 6.07) is 6.63. The Morgan fingerprint density at radius 2 is 1.03 bits per heavy atom. The number of carboxylic acid groups (broad SMARTS) is 1. The molecule has 3 aliphatic rings. The number of amides is 16. The first-order chi connectivity index (χ1) is 60.9. The fourth-order valence-corrected chi connectivity index (χ4v) is 16.9. The van der Waals surface area contributed by atoms with Gasteiger partial charge in [0.15, 0.2) is 0 Å². The molecular weight excluding hydrogens is 1670 g/mol. The normalized spacial score (nSPS) is 24.0. The Kier molecular flexibility index (Phi) is 38.2. The molecule has 3 fully saturated rings. The van der Waals surface area contributed by atoms with Crippen molar-refractivity contribution in [3.8, 4) is 5.75 Å². The standard InChI is InChI=1S/C90H122FN17O19S/c1-10-12-25-68-83(120)97-61(37-38-73(92)110)87(124)107-39-19-27-69(107)84(121)100-64(45-56-47-94-60-24-18-17-23-59(56)60)81(118)99-63(42-55-31-35-58(109)36-32-55)80(117)98-62(41-51(3)4)79(116)102-67(78(115)95-48-74(93)111)49-128-50-75(112)96-66(43-54-29-33-57(91)34-30-54)86(123)106(9)72(44-53-21-15-14-16-22-53)88(125)105(8)71(26-13-11-2)89(126)108-40-20-28-70(108)85(122)101-65(46-76(113)114)82(119)103-77(52(5)6)90(127)104(68)7/h14-18,21-24,29-36,47,51-52,61-72,77,94,109H,10-13,19-20,25-28,37-46,48-50H2,1-9H3,(H2,92,110)(H2,93,111)(H,95,115)(H,96,112)(H,97,120)(H,98,117)(H,99,118)(H,100,121)(H,101,122)(H,102,116)(H,103,119)(H,113,114)/t61-,62-,63-,64-,65-,66-,67-,68-,69+,70+,71-,72-,77-/m0/s1. The van der Waals surface area contributed by atoms with E-state index in [9.17, 15) is 53.0 Å². The summed E-state index contributed by atoms with van der Waals surface area (Å²) in [4.78, 5) is 258. The second-order valence-corrected chi connectivity index (χ2v) is 34.7. The molecule has 8 rings (SSSR count). The number of rotatable bonds is 25. The number of likely N-dealkylation sites (N-methyl/N-ethyl adjacent to an activating group) is 3. The molecule has 5 aromatic rings. The SMILES string of the molecule is CCCC[C@H]1C(=O)N[C@@H](CCC(N)=O)C(=O)N2CCC[C@@H]2C(=O)N[C@@H](Cc2c[nH]c3ccccc23)C(=O)N[C@@H](Cc2ccc(O)cc2)C(=O)N[C@@H](CC(C)C)C(=O)N[C@H](C(=O)NCC(N)=O)CSCC(=O)N[C@@H](Cc2ccc(F)cc2)C(=O)N(C)[C@@H](Cc2ccccc2)C(=O)N(C)[C@@H](CCCC)C(=O)N2CCC[C@@H]2C(=O)N[C@@H](CC(=O)O)C(=O)N[C@@H](C(C)C)C(=O)N1C. The summed E-state index contributed by atoms with van der Waals surface area (Å²) < 4.78 is 14.6. The number of hydrogen-bond donors (Lipinski definition) is 14. The van der Waals surface area contributed by atoms with Gasteiger partial charge in [0.1, 0.15) is 90.1 Å². The number of carbonyl (C=O) groups is 17. The highest BCUT2D eigenvalue weighted by Gasteiger charge is 2.46. The molecule has 38 heteroatoms. The Hall–Kier alpha value is -12.5. The topological polar surface area (TPSA) is 523 Å². The molecule has 1 aromatic heterocycles. The number of benzene rings is 4. The third-order valence-electron chi connectivity index (χ3n) is 23.1. The minimum Gasteiger partial charge on any atom is -0.508 e. The van der Waals surface area contributed by atoms with Crippen LogP contribution in [0.25, 0.3) is 10.9 Å². The van der Waals surface area contributed by atoms with E-state index in [1.54, 1.807) is 88.5 Å². The van der Waals surface area contributed by atoms with E-state index in [-0.39, 0.29) is 95.4 Å². The minimum atomic E-state index is -1.89. The van der Waals surface area contributed by atoms with Gasteiger partial charge in [-0.3, -0.25) is 81.5 Å². The van der Waals surface area contributed by atoms with E-state index >= 15 is 43.2 Å². The number of hydrogen-bond acceptors (Lipinski definition) is 19. The number of thioether (sulfide) groups is 1. The van der Waals surface area contributed by atoms with Gasteiger partial charge in [-0.05, 0) is 116 Å². The van der Waals surface area contributed by atoms with Crippen LogP contribution < -0.4 is 59.3 Å². The monoisotopic (exact) mass is 1800 g/mol. The van der Waals surface area contributed by atoms with E-state index in [2.05, 4.69) is 52.8 Å². The van der Waals surface area contributed by atoms with E-state index < -0.39 is 228 Å². The van der Waals surface area contributed by atoms with E-state index in [1.165, 1.54) is 72.2 Å². The van der Waals surface area contributed by atoms with Crippen LogP contribution in [-0.2, 0) is 107 Å². The van der Waals surface area contributed by atoms with Gasteiger partial charge in [0.25, 0.3) is 0 Å². The second kappa shape index (κ2) is 48.4. The summed E-state index contributed by atoms with van der Waals surface area (Å²) in [5.41, 5.74) is 13.6. The van der Waals surface area contributed by atoms with Gasteiger partial charge in [0.05, 0.1) is 18.7 Å². The number of unbranched alkanes of at least 4 members (excludes halogenated alkanes) is 2. The van der Waals surface area contributed by atoms with E-state index in [0.29, 0.717) is 58.8 Å². The lowest BCUT2D eigenvalue weighted by atomic mass is 9.99. The van der Waals surface area contributed by atoms with Crippen molar-refractivity contribution in [3.63, 3.8) is 0 Å². The van der Waals surface area contributed by atoms with Crippen LogP contribution in [0.3, 0.4) is 0 Å². The number of carboxylic acids is 1. The van der Waals surface area contributed by atoms with Crippen LogP contribution in [0.1, 0.15) is 154 Å². The van der Waals surface area contributed by atoms with Gasteiger partial charge < -0.3 is 99.0 Å². The van der Waals surface area contributed by atoms with Crippen molar-refractivity contribution >= 4 is 123 Å². The number of phenols is 1. The molecule has 16 N–H and O–H groups in total. The lowest BCUT2D eigenvalue weighted by molar-refractivity contribution is -0.152. The van der Waals surface area contributed by atoms with Gasteiger partial charge in [-0.25, -0.2) is 4.39 Å². The molecule has 4 aromatic carbocycles. The maximum Gasteiger partial charge on any atom is 0.305 e. The number of nitrogens with two attached hydrogens (primary N) is 2. The molecule has 694 valence electrons. The van der Waals surface area contributed by atoms with Crippen LogP contribution in [0.5, 0.6) is 5.75 Å². The molecule has 16 amide bonds. The molecule has 13 atom stereocenters. The van der Waals surface area contributed by atoms with Crippen molar-refractivity contribution in [2.45, 2.75) is 236 Å². The summed E-state index contributed by atoms with van der Waals surface area (Å²) in [6.45, 7) is 9.43. The average molecular weight is 1800 g/mol. The zero-order valence-corrected chi connectivity index (χ0v) is 74.6. The first-order valence-corrected chi connectivity index (χ1v) is 44.6. The number of nitrogens with zero attached hydrogens (tertiary/aromatic N) is 5. The summed E-state index contributed by atoms with van der Waals surface area (Å²) in [6.07, 6.45) is 0.717. The highest BCUT2D eigenvalue weighted by Crippen LogP contribution is 2.28. The van der Waals surface area contributed by atoms with Crippen LogP contribution in [-0.4, -0.2) is 271 Å². The number of halogens is 1. The fourth-order valence-electron chi connectivity index (χ4n) is 16.0. The highest BCUT2D eigenvalue weighted by molar-refractivity contribution is 8.00. The minimum absolute atomic E-state index is 0.00835. The third-order valence-corrected chi connectivity index (χ3v) is 24.2. The maximum atomic E-state index is 15.7. The first kappa shape index (κ1) is 101. The number of H-pyrrole nitrogens is 1. The molecule has 0 aliphatic carbocycles. The number of aromatic hydroxyl groups is 1. The van der Waals surface area contributed by atoms with E-state index in [0.717, 1.165) is 33.7 Å². The predicted octanol–water partition coefficient (Wildman–Crippen LogP) is 1.80. The molecular formula is C90H122FN17O19S. The quantitative estimate of drug-likeness (QED) is 0.0396. The smallest absolute Gasteiger partial charge is 0.305 e. The molecule has 36 nitrogen and oxygen atoms in total. The van der Waals surface area contributed by atoms with Crippen LogP contribution in [0, 0.1) is 17.7 Å². The number of nitrogens with one attached hydrogen (secondary N) is 10. The summed E-state index contributed by atoms with van der Waals surface area (Å²) in [5, 5.41) is 45.3. The molecule has 4 heterocycles. The number of phenolic OH excluding ortho intramolecular Hbond substituents is 1. The number of fused-ring (bicyclic) bond motifs is 3. The molecule has 0 unspecified atom stereocenters. The van der Waals surface area contributed by atoms with Gasteiger partial charge in [0.2, 0.25) is 94.5 Å². The zero-order chi connectivity index (χ0) is 93.8. The van der Waals surface area contributed by atoms with Gasteiger partial charge in [0, 0.05) is 89.2 Å². The van der Waals surface area contributed by atoms with Crippen LogP contribution in [0.2, 0.25) is 0 Å². The van der Waals surface area contributed by atoms with E-state index in [1.807, 2.05) is 13.8 Å². The lowest BCUT2D eigenvalue weighted by Gasteiger charge is -2.38. The molecule has 0 spiro atoms. The van der Waals surface area contributed by atoms with Crippen LogP contribution >= 0.6 is 11.8 Å². The second-order valence-electron chi connectivity index (χ2n) is 33.7. The van der Waals surface area contributed by atoms with Crippen LogP contribution in [0.4, 0.5) is 4.39 Å². The summed E-state index contributed by atoms with van der Waals surface area (Å²) in [5.74, 6) is -18.8. The molecule has 0 bridgehead atoms. The van der Waals surface area contributed by atoms with E-state index in [4.69, 9.17) is 11.5 Å². The molecule has 3 aliphatic heterocycles. The summed E-state index contributed by atoms with van der Waals surface area (Å²) in [7, 11) is 3.99. The molecule has 3 saturated heterocycles. The Morgan fingerprint density at radius 3 is 1.62 bits per heavy atom. The lowest BCUT2D eigenvalue weighted by Crippen LogP contribution is -2.62. The van der Waals surface area contributed by atoms with Gasteiger partial charge in [-0.1, -0.05) is 140 Å². The molecule has 128 heavy (non-hydrogen) atoms. The Bertz CT molecular complexity index is 4770. The predicted molar refractivity (Wildman–Crippen MR) is 472 cm³/mol. The Balaban J connectivity index is 1.21. The van der Waals surface area contributed by atoms with Gasteiger partial charge in [-0.15, -0.1) is 11.8 Å². The zero-order valence-electron chi connectivity index (χ0n) is 73.8. The number of para-hydroxylation sites is 1. The van der Waals surface area contributed by atoms with Crippen molar-refractivity contribution in [3.05, 3.63) is 137 Å². The Labute approximate surface area is 747 Å². The van der Waals surface area contributed by atoms with Crippen molar-refractivity contribution in [1.29, 1.82) is 0 Å². The van der Waals surface area contributed by atoms with Crippen molar-refractivity contribution in [2.75, 3.05) is 52.3 Å². The van der Waals surface area contributed by atoms with Crippen molar-refractivity contribution < 1.29 is 96.1 Å². The fraction of sp³-hybridized carbons (Fsp3) is 0.522. The Morgan fingerprint density at radius 1 is 0.516 bits per heavy atom. The van der Waals surface area contributed by atoms with Crippen LogP contribution in [0.15, 0.2) is 109 Å². The molecule has 0 saturated carbocycles. The third kappa shape index (κ3) is 28.8. The largest absolute Gasteiger partial charge is 0.508 e. The number of aromatic amines is 1. The maximum absolute atomic E-state index is 15.7. The van der Waals surface area contributed by atoms with Crippen molar-refractivity contribution in [2.24, 2.45) is 23.3 Å². The first-order valence-electron chi connectivity index (χ1n) is 43.5. The van der Waals surface area contributed by atoms with Gasteiger partial charge >= 0.3 is 5.97 Å². The summed E-state index contributed by atoms with van der Waals surface area (Å²) >= 11 is 0.789. The average Bonchev–Trinajstić information content (AvgIpc) is 1.80. The van der Waals surface area contributed by atoms with Crippen molar-refractivity contribution in [1.82, 2.24) is 77.3 Å². The number of aliphatic carboxylic acids is 1. The number of carbonyl (C=O) groups excluding carboxylic acids is 16. The van der Waals surface area contributed by atoms with Gasteiger partial charge in [-0.2, -0.15) is 0 Å².